The summed E-state index contributed by atoms with van der Waals surface area (Å²) in [5, 5.41) is 20.3. The number of fused-ring (bicyclic) bond motifs is 18. The molecule has 0 unspecified atom stereocenters. The Morgan fingerprint density at radius 2 is 0.461 bits per heavy atom. The van der Waals surface area contributed by atoms with Gasteiger partial charge in [-0.15, -0.1) is 0 Å². The highest BCUT2D eigenvalue weighted by Crippen LogP contribution is 2.53. The number of para-hydroxylation sites is 2. The second-order valence-corrected chi connectivity index (χ2v) is 20.7. The molecule has 0 spiro atoms. The summed E-state index contributed by atoms with van der Waals surface area (Å²) < 4.78 is 0. The number of hydrogen-bond donors (Lipinski definition) is 0. The third-order valence-electron chi connectivity index (χ3n) is 16.8. The monoisotopic (exact) mass is 960 g/mol. The summed E-state index contributed by atoms with van der Waals surface area (Å²) in [7, 11) is 0. The highest BCUT2D eigenvalue weighted by atomic mass is 15.1. The van der Waals surface area contributed by atoms with Crippen LogP contribution in [0, 0.1) is 0 Å². The van der Waals surface area contributed by atoms with Crippen molar-refractivity contribution in [1.29, 1.82) is 0 Å². The van der Waals surface area contributed by atoms with Gasteiger partial charge < -0.3 is 9.80 Å². The lowest BCUT2D eigenvalue weighted by atomic mass is 9.88. The molecule has 0 bridgehead atoms. The van der Waals surface area contributed by atoms with Gasteiger partial charge in [0.05, 0.1) is 0 Å². The topological polar surface area (TPSA) is 6.48 Å². The van der Waals surface area contributed by atoms with Crippen LogP contribution in [0.2, 0.25) is 0 Å². The van der Waals surface area contributed by atoms with Crippen LogP contribution in [0.25, 0.3) is 131 Å². The average molecular weight is 961 g/mol. The second-order valence-electron chi connectivity index (χ2n) is 20.7. The second kappa shape index (κ2) is 15.7. The highest BCUT2D eigenvalue weighted by molar-refractivity contribution is 6.33. The third-order valence-corrected chi connectivity index (χ3v) is 16.8. The number of benzene rings is 15. The van der Waals surface area contributed by atoms with E-state index < -0.39 is 0 Å². The van der Waals surface area contributed by atoms with Crippen molar-refractivity contribution in [2.75, 3.05) is 9.80 Å². The molecule has 2 aliphatic rings. The van der Waals surface area contributed by atoms with E-state index in [9.17, 15) is 0 Å². The molecule has 0 heterocycles. The lowest BCUT2D eigenvalue weighted by Gasteiger charge is -2.27. The van der Waals surface area contributed by atoms with Gasteiger partial charge in [-0.05, 0) is 216 Å². The predicted octanol–water partition coefficient (Wildman–Crippen LogP) is 21.1. The quantitative estimate of drug-likeness (QED) is 0.121. The molecule has 0 amide bonds. The maximum atomic E-state index is 2.49. The van der Waals surface area contributed by atoms with Crippen molar-refractivity contribution in [2.24, 2.45) is 0 Å². The Morgan fingerprint density at radius 1 is 0.158 bits per heavy atom. The van der Waals surface area contributed by atoms with Crippen LogP contribution in [0.15, 0.2) is 267 Å². The minimum Gasteiger partial charge on any atom is -0.310 e. The van der Waals surface area contributed by atoms with Crippen LogP contribution in [0.5, 0.6) is 0 Å². The van der Waals surface area contributed by atoms with Gasteiger partial charge in [-0.3, -0.25) is 0 Å². The van der Waals surface area contributed by atoms with Crippen LogP contribution >= 0.6 is 0 Å². The molecule has 0 fully saturated rings. The van der Waals surface area contributed by atoms with Crippen molar-refractivity contribution >= 4 is 120 Å². The van der Waals surface area contributed by atoms with E-state index in [1.807, 2.05) is 0 Å². The Morgan fingerprint density at radius 3 is 0.842 bits per heavy atom. The van der Waals surface area contributed by atoms with Crippen molar-refractivity contribution in [1.82, 2.24) is 0 Å². The van der Waals surface area contributed by atoms with Gasteiger partial charge in [-0.25, -0.2) is 0 Å². The first-order valence-corrected chi connectivity index (χ1v) is 26.4. The lowest BCUT2D eigenvalue weighted by Crippen LogP contribution is -2.10. The Kier molecular flexibility index (Phi) is 8.59. The first-order valence-electron chi connectivity index (χ1n) is 26.4. The van der Waals surface area contributed by atoms with Crippen LogP contribution < -0.4 is 9.80 Å². The van der Waals surface area contributed by atoms with Crippen LogP contribution in [-0.2, 0) is 0 Å². The van der Waals surface area contributed by atoms with Gasteiger partial charge in [0.1, 0.15) is 0 Å². The zero-order valence-electron chi connectivity index (χ0n) is 41.3. The Bertz CT molecular complexity index is 4670. The molecule has 15 aromatic carbocycles. The summed E-state index contributed by atoms with van der Waals surface area (Å²) in [6.45, 7) is 0. The van der Waals surface area contributed by atoms with E-state index in [2.05, 4.69) is 277 Å². The Hall–Kier alpha value is -10.0. The third kappa shape index (κ3) is 5.87. The molecule has 0 saturated carbocycles. The van der Waals surface area contributed by atoms with Crippen molar-refractivity contribution in [3.8, 4) is 44.5 Å². The summed E-state index contributed by atoms with van der Waals surface area (Å²) in [6.07, 6.45) is 0. The fraction of sp³-hybridized carbons (Fsp3) is 0. The summed E-state index contributed by atoms with van der Waals surface area (Å²) >= 11 is 0. The molecular formula is C74H44N2. The van der Waals surface area contributed by atoms with Crippen molar-refractivity contribution in [3.05, 3.63) is 267 Å². The van der Waals surface area contributed by atoms with E-state index in [4.69, 9.17) is 0 Å². The van der Waals surface area contributed by atoms with E-state index >= 15 is 0 Å². The number of hydrogen-bond acceptors (Lipinski definition) is 2. The number of anilines is 6. The molecule has 2 nitrogen and oxygen atoms in total. The molecule has 15 aromatic rings. The van der Waals surface area contributed by atoms with Gasteiger partial charge in [0, 0.05) is 34.1 Å². The summed E-state index contributed by atoms with van der Waals surface area (Å²) in [5.74, 6) is 0. The molecule has 2 aliphatic carbocycles. The van der Waals surface area contributed by atoms with Gasteiger partial charge in [0.2, 0.25) is 0 Å². The molecule has 0 atom stereocenters. The van der Waals surface area contributed by atoms with Crippen molar-refractivity contribution < 1.29 is 0 Å². The molecule has 0 aromatic heterocycles. The zero-order valence-corrected chi connectivity index (χ0v) is 41.3. The normalized spacial score (nSPS) is 12.2. The average Bonchev–Trinajstić information content (AvgIpc) is 4.02. The predicted molar refractivity (Wildman–Crippen MR) is 325 cm³/mol. The molecule has 0 N–H and O–H groups in total. The van der Waals surface area contributed by atoms with Gasteiger partial charge >= 0.3 is 0 Å². The highest BCUT2D eigenvalue weighted by Gasteiger charge is 2.26. The Balaban J connectivity index is 0.849. The SMILES string of the molecule is c1ccc(N(c2ccc3c(c2)-c2cccc4cccc-3c24)c2ccc3c(c2)c2ccccc2c2cc4c5ccc(N(c6ccccc6)c6ccc7c(c6)-c6cccc8cccc-7c68)cc5c5ccccc5c4cc32)cc1. The fourth-order valence-electron chi connectivity index (χ4n) is 13.5. The van der Waals surface area contributed by atoms with Gasteiger partial charge in [-0.1, -0.05) is 182 Å². The van der Waals surface area contributed by atoms with E-state index in [1.165, 1.54) is 131 Å². The maximum Gasteiger partial charge on any atom is 0.0468 e. The molecule has 0 radical (unpaired) electrons. The molecule has 0 aliphatic heterocycles. The van der Waals surface area contributed by atoms with Crippen molar-refractivity contribution in [2.45, 2.75) is 0 Å². The van der Waals surface area contributed by atoms with Crippen LogP contribution in [0.1, 0.15) is 0 Å². The molecule has 350 valence electrons. The van der Waals surface area contributed by atoms with Crippen LogP contribution in [0.4, 0.5) is 34.1 Å². The molecule has 17 rings (SSSR count). The summed E-state index contributed by atoms with van der Waals surface area (Å²) in [6, 6.07) is 99.8. The first-order chi connectivity index (χ1) is 37.7. The standard InChI is InChI=1S/C74H44N2/c1-3-19-47(20-4-1)75(51-31-35-57-61-27-11-15-45-17-13-29-63(73(45)61)67(57)41-51)49-33-37-59-65(39-49)53-23-7-9-25-55(53)69-44-72-60-38-34-50(40-66(60)54-24-8-10-26-56(54)70(72)43-71(59)69)76(48-21-5-2-6-22-48)52-32-36-58-62-28-12-16-46-18-14-30-64(74(46)62)68(58)42-52/h1-44H. The minimum absolute atomic E-state index is 1.12. The van der Waals surface area contributed by atoms with E-state index in [0.29, 0.717) is 0 Å². The van der Waals surface area contributed by atoms with Gasteiger partial charge in [-0.2, -0.15) is 0 Å². The smallest absolute Gasteiger partial charge is 0.0468 e. The van der Waals surface area contributed by atoms with E-state index in [1.54, 1.807) is 0 Å². The lowest BCUT2D eigenvalue weighted by molar-refractivity contribution is 1.29. The molecule has 0 saturated heterocycles. The van der Waals surface area contributed by atoms with Crippen molar-refractivity contribution in [3.63, 3.8) is 0 Å². The van der Waals surface area contributed by atoms with E-state index in [0.717, 1.165) is 34.1 Å². The van der Waals surface area contributed by atoms with Gasteiger partial charge in [0.25, 0.3) is 0 Å². The summed E-state index contributed by atoms with van der Waals surface area (Å²) in [5.41, 5.74) is 17.1. The largest absolute Gasteiger partial charge is 0.310 e. The number of rotatable bonds is 6. The molecule has 76 heavy (non-hydrogen) atoms. The van der Waals surface area contributed by atoms with Gasteiger partial charge in [0.15, 0.2) is 0 Å². The number of nitrogens with zero attached hydrogens (tertiary/aromatic N) is 2. The fourth-order valence-corrected chi connectivity index (χ4v) is 13.5. The molecular weight excluding hydrogens is 917 g/mol. The molecule has 2 heteroatoms. The van der Waals surface area contributed by atoms with E-state index in [-0.39, 0.29) is 0 Å². The zero-order chi connectivity index (χ0) is 49.6. The Labute approximate surface area is 439 Å². The van der Waals surface area contributed by atoms with Crippen LogP contribution in [0.3, 0.4) is 0 Å². The first kappa shape index (κ1) is 41.5. The minimum atomic E-state index is 1.12. The van der Waals surface area contributed by atoms with Crippen LogP contribution in [-0.4, -0.2) is 0 Å². The maximum absolute atomic E-state index is 2.49. The summed E-state index contributed by atoms with van der Waals surface area (Å²) in [4.78, 5) is 4.86.